The molecule has 0 saturated carbocycles. The number of hydrogen-bond donors (Lipinski definition) is 2. The Labute approximate surface area is 188 Å². The van der Waals surface area contributed by atoms with E-state index in [9.17, 15) is 0 Å². The highest BCUT2D eigenvalue weighted by Crippen LogP contribution is 2.20. The minimum absolute atomic E-state index is 0.474. The molecule has 2 rings (SSSR count). The maximum atomic E-state index is 6.01. The Balaban J connectivity index is 1.90. The number of aliphatic imine (C=N–C) groups is 1. The molecule has 0 aliphatic carbocycles. The van der Waals surface area contributed by atoms with Crippen LogP contribution in [0.15, 0.2) is 23.2 Å². The summed E-state index contributed by atoms with van der Waals surface area (Å²) in [5, 5.41) is 6.98. The topological polar surface area (TPSA) is 67.4 Å². The lowest BCUT2D eigenvalue weighted by molar-refractivity contribution is 0.0132. The van der Waals surface area contributed by atoms with Crippen molar-refractivity contribution in [3.05, 3.63) is 29.3 Å². The summed E-state index contributed by atoms with van der Waals surface area (Å²) in [6.07, 6.45) is 2.03. The fourth-order valence-electron chi connectivity index (χ4n) is 3.79. The Bertz CT molecular complexity index is 660. The molecular formula is C24H42N4O3. The quantitative estimate of drug-likeness (QED) is 0.300. The van der Waals surface area contributed by atoms with Crippen LogP contribution in [0.5, 0.6) is 5.75 Å². The minimum Gasteiger partial charge on any atom is -0.493 e. The van der Waals surface area contributed by atoms with Gasteiger partial charge in [0.1, 0.15) is 5.75 Å². The number of benzene rings is 1. The third-order valence-corrected chi connectivity index (χ3v) is 5.45. The van der Waals surface area contributed by atoms with Gasteiger partial charge in [-0.25, -0.2) is 0 Å². The summed E-state index contributed by atoms with van der Waals surface area (Å²) < 4.78 is 16.7. The highest BCUT2D eigenvalue weighted by atomic mass is 16.5. The molecule has 0 spiro atoms. The van der Waals surface area contributed by atoms with Gasteiger partial charge < -0.3 is 24.8 Å². The van der Waals surface area contributed by atoms with Crippen LogP contribution >= 0.6 is 0 Å². The van der Waals surface area contributed by atoms with Crippen LogP contribution in [-0.4, -0.2) is 77.1 Å². The van der Waals surface area contributed by atoms with Gasteiger partial charge in [-0.1, -0.05) is 26.0 Å². The number of aryl methyl sites for hydroxylation is 1. The van der Waals surface area contributed by atoms with Gasteiger partial charge in [0.05, 0.1) is 19.8 Å². The Kier molecular flexibility index (Phi) is 11.7. The van der Waals surface area contributed by atoms with Gasteiger partial charge >= 0.3 is 0 Å². The van der Waals surface area contributed by atoms with Crippen molar-refractivity contribution < 1.29 is 14.2 Å². The first kappa shape index (κ1) is 25.4. The Morgan fingerprint density at radius 2 is 1.97 bits per heavy atom. The second-order valence-electron chi connectivity index (χ2n) is 8.54. The summed E-state index contributed by atoms with van der Waals surface area (Å²) >= 11 is 0. The van der Waals surface area contributed by atoms with E-state index in [4.69, 9.17) is 14.2 Å². The third kappa shape index (κ3) is 9.46. The molecule has 1 aromatic rings. The standard InChI is InChI=1S/C24H42N4O3/c1-19(2)15-22(28-9-13-30-14-10-28)18-27-24(25-4)26-17-21-8-7-20(3)16-23(21)31-12-6-11-29-5/h7-8,16,19,22H,6,9-15,17-18H2,1-5H3,(H2,25,26,27). The normalized spacial score (nSPS) is 16.4. The fourth-order valence-corrected chi connectivity index (χ4v) is 3.79. The van der Waals surface area contributed by atoms with Crippen molar-refractivity contribution in [2.75, 3.05) is 60.2 Å². The molecule has 0 amide bonds. The molecule has 1 aliphatic heterocycles. The monoisotopic (exact) mass is 434 g/mol. The summed E-state index contributed by atoms with van der Waals surface area (Å²) in [5.41, 5.74) is 2.31. The van der Waals surface area contributed by atoms with Crippen molar-refractivity contribution in [3.8, 4) is 5.75 Å². The summed E-state index contributed by atoms with van der Waals surface area (Å²) in [6.45, 7) is 13.2. The predicted molar refractivity (Wildman–Crippen MR) is 127 cm³/mol. The van der Waals surface area contributed by atoms with Crippen LogP contribution in [-0.2, 0) is 16.0 Å². The summed E-state index contributed by atoms with van der Waals surface area (Å²) in [6, 6.07) is 6.81. The Morgan fingerprint density at radius 3 is 2.65 bits per heavy atom. The molecule has 7 nitrogen and oxygen atoms in total. The number of nitrogens with zero attached hydrogens (tertiary/aromatic N) is 2. The number of ether oxygens (including phenoxy) is 3. The first-order valence-electron chi connectivity index (χ1n) is 11.5. The molecule has 1 heterocycles. The average molecular weight is 435 g/mol. The molecule has 31 heavy (non-hydrogen) atoms. The van der Waals surface area contributed by atoms with Crippen LogP contribution < -0.4 is 15.4 Å². The molecule has 1 aliphatic rings. The number of rotatable bonds is 12. The molecule has 1 unspecified atom stereocenters. The van der Waals surface area contributed by atoms with E-state index in [1.54, 1.807) is 7.11 Å². The smallest absolute Gasteiger partial charge is 0.191 e. The Hall–Kier alpha value is -1.83. The summed E-state index contributed by atoms with van der Waals surface area (Å²) in [7, 11) is 3.53. The van der Waals surface area contributed by atoms with E-state index in [0.29, 0.717) is 31.7 Å². The van der Waals surface area contributed by atoms with Crippen LogP contribution in [0.4, 0.5) is 0 Å². The molecule has 0 bridgehead atoms. The number of nitrogens with one attached hydrogen (secondary N) is 2. The van der Waals surface area contributed by atoms with Gasteiger partial charge in [0.2, 0.25) is 0 Å². The zero-order valence-electron chi connectivity index (χ0n) is 20.1. The van der Waals surface area contributed by atoms with Gasteiger partial charge in [0, 0.05) is 65.0 Å². The van der Waals surface area contributed by atoms with Gasteiger partial charge in [-0.05, 0) is 30.9 Å². The van der Waals surface area contributed by atoms with Crippen LogP contribution in [0.25, 0.3) is 0 Å². The van der Waals surface area contributed by atoms with Crippen molar-refractivity contribution in [2.45, 2.75) is 46.2 Å². The lowest BCUT2D eigenvalue weighted by Gasteiger charge is -2.35. The zero-order chi connectivity index (χ0) is 22.5. The molecule has 1 saturated heterocycles. The van der Waals surface area contributed by atoms with E-state index in [1.807, 2.05) is 7.05 Å². The molecule has 1 atom stereocenters. The van der Waals surface area contributed by atoms with Crippen LogP contribution in [0, 0.1) is 12.8 Å². The van der Waals surface area contributed by atoms with E-state index in [1.165, 1.54) is 5.56 Å². The summed E-state index contributed by atoms with van der Waals surface area (Å²) in [5.74, 6) is 2.38. The molecular weight excluding hydrogens is 392 g/mol. The molecule has 1 fully saturated rings. The zero-order valence-corrected chi connectivity index (χ0v) is 20.1. The lowest BCUT2D eigenvalue weighted by Crippen LogP contribution is -2.51. The molecule has 7 heteroatoms. The third-order valence-electron chi connectivity index (χ3n) is 5.45. The number of guanidine groups is 1. The second kappa shape index (κ2) is 14.3. The van der Waals surface area contributed by atoms with E-state index in [-0.39, 0.29) is 0 Å². The Morgan fingerprint density at radius 1 is 1.19 bits per heavy atom. The minimum atomic E-state index is 0.474. The SMILES string of the molecule is CN=C(NCc1ccc(C)cc1OCCCOC)NCC(CC(C)C)N1CCOCC1. The van der Waals surface area contributed by atoms with Gasteiger partial charge in [-0.15, -0.1) is 0 Å². The maximum absolute atomic E-state index is 6.01. The molecule has 176 valence electrons. The van der Waals surface area contributed by atoms with Crippen molar-refractivity contribution in [1.29, 1.82) is 0 Å². The molecule has 0 aromatic heterocycles. The van der Waals surface area contributed by atoms with Gasteiger partial charge in [0.15, 0.2) is 5.96 Å². The van der Waals surface area contributed by atoms with Crippen molar-refractivity contribution in [2.24, 2.45) is 10.9 Å². The van der Waals surface area contributed by atoms with Crippen molar-refractivity contribution in [3.63, 3.8) is 0 Å². The molecule has 1 aromatic carbocycles. The van der Waals surface area contributed by atoms with Crippen LogP contribution in [0.2, 0.25) is 0 Å². The van der Waals surface area contributed by atoms with E-state index in [0.717, 1.165) is 63.0 Å². The number of hydrogen-bond acceptors (Lipinski definition) is 5. The lowest BCUT2D eigenvalue weighted by atomic mass is 10.0. The highest BCUT2D eigenvalue weighted by molar-refractivity contribution is 5.79. The predicted octanol–water partition coefficient (Wildman–Crippen LogP) is 2.82. The van der Waals surface area contributed by atoms with Crippen molar-refractivity contribution in [1.82, 2.24) is 15.5 Å². The maximum Gasteiger partial charge on any atom is 0.191 e. The molecule has 2 N–H and O–H groups in total. The summed E-state index contributed by atoms with van der Waals surface area (Å²) in [4.78, 5) is 6.96. The number of morpholine rings is 1. The first-order valence-corrected chi connectivity index (χ1v) is 11.5. The first-order chi connectivity index (χ1) is 15.0. The van der Waals surface area contributed by atoms with Crippen molar-refractivity contribution >= 4 is 5.96 Å². The fraction of sp³-hybridized carbons (Fsp3) is 0.708. The van der Waals surface area contributed by atoms with E-state index >= 15 is 0 Å². The van der Waals surface area contributed by atoms with E-state index < -0.39 is 0 Å². The second-order valence-corrected chi connectivity index (χ2v) is 8.54. The molecule has 0 radical (unpaired) electrons. The van der Waals surface area contributed by atoms with E-state index in [2.05, 4.69) is 59.5 Å². The largest absolute Gasteiger partial charge is 0.493 e. The van der Waals surface area contributed by atoms with Gasteiger partial charge in [0.25, 0.3) is 0 Å². The highest BCUT2D eigenvalue weighted by Gasteiger charge is 2.22. The van der Waals surface area contributed by atoms with Crippen LogP contribution in [0.1, 0.15) is 37.8 Å². The average Bonchev–Trinajstić information content (AvgIpc) is 2.77. The van der Waals surface area contributed by atoms with Gasteiger partial charge in [-0.3, -0.25) is 9.89 Å². The number of methoxy groups -OCH3 is 1. The van der Waals surface area contributed by atoms with Gasteiger partial charge in [-0.2, -0.15) is 0 Å². The van der Waals surface area contributed by atoms with Crippen LogP contribution in [0.3, 0.4) is 0 Å².